The summed E-state index contributed by atoms with van der Waals surface area (Å²) < 4.78 is 5.38. The third-order valence-electron chi connectivity index (χ3n) is 4.91. The van der Waals surface area contributed by atoms with Gasteiger partial charge in [0, 0.05) is 12.2 Å². The molecule has 3 rings (SSSR count). The van der Waals surface area contributed by atoms with Crippen LogP contribution in [0.3, 0.4) is 0 Å². The minimum absolute atomic E-state index is 0.0459. The average molecular weight is 409 g/mol. The Balaban J connectivity index is 1.52. The van der Waals surface area contributed by atoms with E-state index in [2.05, 4.69) is 53.6 Å². The Hall–Kier alpha value is -2.66. The number of alkyl carbamates (subject to hydrolysis) is 1. The third-order valence-corrected chi connectivity index (χ3v) is 5.66. The number of aromatic nitrogens is 1. The van der Waals surface area contributed by atoms with Gasteiger partial charge in [-0.2, -0.15) is 0 Å². The first-order valence-electron chi connectivity index (χ1n) is 10.1. The number of carbonyl (C=O) groups excluding carboxylic acids is 1. The largest absolute Gasteiger partial charge is 0.444 e. The van der Waals surface area contributed by atoms with E-state index < -0.39 is 0 Å². The summed E-state index contributed by atoms with van der Waals surface area (Å²) in [6, 6.07) is 20.9. The fraction of sp³-hybridized carbons (Fsp3) is 0.333. The van der Waals surface area contributed by atoms with E-state index in [1.807, 2.05) is 24.3 Å². The Labute approximate surface area is 177 Å². The molecule has 4 nitrogen and oxygen atoms in total. The molecule has 0 radical (unpaired) electrons. The van der Waals surface area contributed by atoms with Gasteiger partial charge in [-0.3, -0.25) is 4.98 Å². The molecule has 29 heavy (non-hydrogen) atoms. The number of nitrogens with zero attached hydrogens (tertiary/aromatic N) is 1. The van der Waals surface area contributed by atoms with Crippen molar-refractivity contribution in [1.82, 2.24) is 10.3 Å². The Morgan fingerprint density at radius 3 is 2.28 bits per heavy atom. The molecule has 0 aliphatic rings. The molecule has 0 saturated heterocycles. The number of amides is 1. The number of hydrogen-bond donors (Lipinski definition) is 1. The Morgan fingerprint density at radius 2 is 1.66 bits per heavy atom. The second-order valence-electron chi connectivity index (χ2n) is 7.45. The van der Waals surface area contributed by atoms with Crippen molar-refractivity contribution in [2.45, 2.75) is 45.3 Å². The number of rotatable bonds is 10. The van der Waals surface area contributed by atoms with Crippen LogP contribution >= 0.6 is 11.3 Å². The zero-order valence-corrected chi connectivity index (χ0v) is 17.6. The fourth-order valence-electron chi connectivity index (χ4n) is 3.39. The molecule has 0 fully saturated rings. The van der Waals surface area contributed by atoms with Crippen molar-refractivity contribution in [2.24, 2.45) is 5.92 Å². The van der Waals surface area contributed by atoms with E-state index in [1.165, 1.54) is 22.5 Å². The second kappa shape index (κ2) is 11.4. The normalized spacial score (nSPS) is 12.9. The fourth-order valence-corrected chi connectivity index (χ4v) is 3.89. The monoisotopic (exact) mass is 408 g/mol. The zero-order chi connectivity index (χ0) is 20.3. The molecule has 1 aromatic heterocycles. The van der Waals surface area contributed by atoms with Crippen molar-refractivity contribution in [2.75, 3.05) is 0 Å². The van der Waals surface area contributed by atoms with Crippen LogP contribution in [0.4, 0.5) is 4.79 Å². The predicted octanol–water partition coefficient (Wildman–Crippen LogP) is 5.64. The molecule has 1 N–H and O–H groups in total. The number of nitrogens with one attached hydrogen (secondary N) is 1. The van der Waals surface area contributed by atoms with Crippen molar-refractivity contribution < 1.29 is 9.53 Å². The Bertz CT molecular complexity index is 838. The third kappa shape index (κ3) is 7.70. The van der Waals surface area contributed by atoms with Gasteiger partial charge in [-0.1, -0.05) is 67.6 Å². The average Bonchev–Trinajstić information content (AvgIpc) is 3.26. The highest BCUT2D eigenvalue weighted by atomic mass is 32.1. The molecule has 0 aliphatic carbocycles. The van der Waals surface area contributed by atoms with Crippen LogP contribution in [0.1, 0.15) is 35.8 Å². The van der Waals surface area contributed by atoms with Crippen LogP contribution in [0.2, 0.25) is 0 Å². The highest BCUT2D eigenvalue weighted by Gasteiger charge is 2.16. The number of thiazole rings is 1. The molecule has 1 unspecified atom stereocenters. The Kier molecular flexibility index (Phi) is 8.25. The van der Waals surface area contributed by atoms with Crippen LogP contribution in [0.5, 0.6) is 0 Å². The van der Waals surface area contributed by atoms with Crippen molar-refractivity contribution in [1.29, 1.82) is 0 Å². The van der Waals surface area contributed by atoms with E-state index in [9.17, 15) is 4.79 Å². The summed E-state index contributed by atoms with van der Waals surface area (Å²) in [5.41, 5.74) is 4.32. The lowest BCUT2D eigenvalue weighted by Crippen LogP contribution is -2.37. The van der Waals surface area contributed by atoms with Gasteiger partial charge >= 0.3 is 6.09 Å². The predicted molar refractivity (Wildman–Crippen MR) is 118 cm³/mol. The van der Waals surface area contributed by atoms with E-state index in [-0.39, 0.29) is 18.7 Å². The smallest absolute Gasteiger partial charge is 0.407 e. The van der Waals surface area contributed by atoms with Gasteiger partial charge in [0.1, 0.15) is 6.61 Å². The van der Waals surface area contributed by atoms with Crippen LogP contribution < -0.4 is 5.32 Å². The van der Waals surface area contributed by atoms with Crippen LogP contribution in [-0.4, -0.2) is 17.1 Å². The summed E-state index contributed by atoms with van der Waals surface area (Å²) in [6.07, 6.45) is 5.17. The molecule has 152 valence electrons. The van der Waals surface area contributed by atoms with Gasteiger partial charge in [-0.25, -0.2) is 4.79 Å². The molecule has 2 aromatic carbocycles. The van der Waals surface area contributed by atoms with Gasteiger partial charge in [0.15, 0.2) is 0 Å². The first-order valence-corrected chi connectivity index (χ1v) is 11.0. The minimum Gasteiger partial charge on any atom is -0.444 e. The molecule has 5 heteroatoms. The first kappa shape index (κ1) is 21.1. The van der Waals surface area contributed by atoms with Crippen LogP contribution in [-0.2, 0) is 24.2 Å². The highest BCUT2D eigenvalue weighted by molar-refractivity contribution is 7.09. The van der Waals surface area contributed by atoms with Crippen LogP contribution in [0.15, 0.2) is 72.4 Å². The van der Waals surface area contributed by atoms with Crippen molar-refractivity contribution >= 4 is 17.4 Å². The number of ether oxygens (including phenoxy) is 1. The molecule has 1 heterocycles. The molecule has 2 atom stereocenters. The summed E-state index contributed by atoms with van der Waals surface area (Å²) >= 11 is 1.49. The van der Waals surface area contributed by atoms with Crippen LogP contribution in [0, 0.1) is 5.92 Å². The van der Waals surface area contributed by atoms with Crippen molar-refractivity contribution in [3.8, 4) is 0 Å². The molecular weight excluding hydrogens is 380 g/mol. The minimum atomic E-state index is -0.366. The Morgan fingerprint density at radius 1 is 1.00 bits per heavy atom. The lowest BCUT2D eigenvalue weighted by molar-refractivity contribution is 0.135. The molecule has 0 bridgehead atoms. The number of carbonyl (C=O) groups is 1. The van der Waals surface area contributed by atoms with E-state index in [0.717, 1.165) is 30.6 Å². The van der Waals surface area contributed by atoms with Gasteiger partial charge in [0.2, 0.25) is 0 Å². The summed E-state index contributed by atoms with van der Waals surface area (Å²) in [7, 11) is 0. The second-order valence-corrected chi connectivity index (χ2v) is 8.42. The van der Waals surface area contributed by atoms with Gasteiger partial charge in [0.25, 0.3) is 0 Å². The maximum absolute atomic E-state index is 12.3. The lowest BCUT2D eigenvalue weighted by atomic mass is 9.93. The van der Waals surface area contributed by atoms with Crippen LogP contribution in [0.25, 0.3) is 0 Å². The number of hydrogen-bond acceptors (Lipinski definition) is 4. The summed E-state index contributed by atoms with van der Waals surface area (Å²) in [5.74, 6) is 0.547. The molecule has 0 saturated carbocycles. The van der Waals surface area contributed by atoms with E-state index in [0.29, 0.717) is 5.92 Å². The van der Waals surface area contributed by atoms with E-state index in [4.69, 9.17) is 4.74 Å². The molecule has 1 amide bonds. The van der Waals surface area contributed by atoms with Crippen molar-refractivity contribution in [3.63, 3.8) is 0 Å². The summed E-state index contributed by atoms with van der Waals surface area (Å²) in [4.78, 5) is 17.3. The van der Waals surface area contributed by atoms with Crippen molar-refractivity contribution in [3.05, 3.63) is 88.4 Å². The lowest BCUT2D eigenvalue weighted by Gasteiger charge is -2.21. The molecule has 3 aromatic rings. The van der Waals surface area contributed by atoms with Gasteiger partial charge < -0.3 is 10.1 Å². The highest BCUT2D eigenvalue weighted by Crippen LogP contribution is 2.17. The molecular formula is C24H28N2O2S. The van der Waals surface area contributed by atoms with Gasteiger partial charge in [-0.15, -0.1) is 11.3 Å². The maximum Gasteiger partial charge on any atom is 0.407 e. The number of benzene rings is 2. The SMILES string of the molecule is C[C@@H](CCC(Cc1ccccc1)NC(=O)OCc1cncs1)Cc1ccccc1. The summed E-state index contributed by atoms with van der Waals surface area (Å²) in [6.45, 7) is 2.54. The zero-order valence-electron chi connectivity index (χ0n) is 16.8. The topological polar surface area (TPSA) is 51.2 Å². The van der Waals surface area contributed by atoms with Gasteiger partial charge in [-0.05, 0) is 42.7 Å². The quantitative estimate of drug-likeness (QED) is 0.472. The maximum atomic E-state index is 12.3. The van der Waals surface area contributed by atoms with E-state index >= 15 is 0 Å². The standard InChI is InChI=1S/C24H28N2O2S/c1-19(14-20-8-4-2-5-9-20)12-13-22(15-21-10-6-3-7-11-21)26-24(27)28-17-23-16-25-18-29-23/h2-11,16,18-19,22H,12-15,17H2,1H3,(H,26,27)/t19-,22?/m0/s1. The molecule has 0 spiro atoms. The molecule has 0 aliphatic heterocycles. The van der Waals surface area contributed by atoms with E-state index in [1.54, 1.807) is 11.7 Å². The van der Waals surface area contributed by atoms with Gasteiger partial charge in [0.05, 0.1) is 10.4 Å². The first-order chi connectivity index (χ1) is 14.2. The summed E-state index contributed by atoms with van der Waals surface area (Å²) in [5, 5.41) is 3.07.